The number of rotatable bonds is 3. The second-order valence-corrected chi connectivity index (χ2v) is 5.78. The van der Waals surface area contributed by atoms with Gasteiger partial charge in [-0.3, -0.25) is 4.98 Å². The minimum Gasteiger partial charge on any atom is -0.373 e. The Balaban J connectivity index is 1.86. The van der Waals surface area contributed by atoms with Gasteiger partial charge in [-0.2, -0.15) is 0 Å². The Morgan fingerprint density at radius 2 is 2.04 bits per heavy atom. The van der Waals surface area contributed by atoms with Crippen LogP contribution in [-0.2, 0) is 0 Å². The van der Waals surface area contributed by atoms with Crippen LogP contribution >= 0.6 is 0 Å². The normalized spacial score (nSPS) is 13.8. The summed E-state index contributed by atoms with van der Waals surface area (Å²) in [5.41, 5.74) is 4.45. The first-order valence-electron chi connectivity index (χ1n) is 8.11. The van der Waals surface area contributed by atoms with Crippen LogP contribution in [0.2, 0.25) is 0 Å². The van der Waals surface area contributed by atoms with E-state index in [9.17, 15) is 0 Å². The smallest absolute Gasteiger partial charge is 0.163 e. The fraction of sp³-hybridized carbons (Fsp3) is 0.150. The van der Waals surface area contributed by atoms with Crippen LogP contribution in [0.3, 0.4) is 0 Å². The summed E-state index contributed by atoms with van der Waals surface area (Å²) in [6, 6.07) is 10.3. The quantitative estimate of drug-likeness (QED) is 0.775. The molecule has 0 aliphatic heterocycles. The zero-order chi connectivity index (χ0) is 16.4. The highest BCUT2D eigenvalue weighted by Gasteiger charge is 2.11. The van der Waals surface area contributed by atoms with E-state index in [2.05, 4.69) is 51.7 Å². The molecule has 0 amide bonds. The lowest BCUT2D eigenvalue weighted by molar-refractivity contribution is 1.05. The molecule has 0 saturated carbocycles. The van der Waals surface area contributed by atoms with Gasteiger partial charge in [0.15, 0.2) is 5.82 Å². The molecule has 4 rings (SSSR count). The van der Waals surface area contributed by atoms with E-state index >= 15 is 0 Å². The van der Waals surface area contributed by atoms with Crippen molar-refractivity contribution in [3.63, 3.8) is 0 Å². The average molecular weight is 314 g/mol. The van der Waals surface area contributed by atoms with Gasteiger partial charge in [0, 0.05) is 30.4 Å². The lowest BCUT2D eigenvalue weighted by Gasteiger charge is -2.12. The second-order valence-electron chi connectivity index (χ2n) is 5.78. The van der Waals surface area contributed by atoms with Crippen molar-refractivity contribution in [2.75, 3.05) is 12.4 Å². The molecule has 1 aromatic carbocycles. The number of nitrogens with zero attached hydrogens (tertiary/aromatic N) is 3. The predicted molar refractivity (Wildman–Crippen MR) is 98.7 cm³/mol. The minimum atomic E-state index is 0.688. The molecule has 24 heavy (non-hydrogen) atoms. The van der Waals surface area contributed by atoms with Gasteiger partial charge in [-0.1, -0.05) is 24.3 Å². The summed E-state index contributed by atoms with van der Waals surface area (Å²) in [7, 11) is 1.89. The van der Waals surface area contributed by atoms with Gasteiger partial charge >= 0.3 is 0 Å². The fourth-order valence-corrected chi connectivity index (χ4v) is 2.99. The number of hydrogen-bond donors (Lipinski definition) is 1. The number of fused-ring (bicyclic) bond motifs is 1. The van der Waals surface area contributed by atoms with Crippen LogP contribution in [0.1, 0.15) is 18.4 Å². The van der Waals surface area contributed by atoms with Crippen molar-refractivity contribution >= 4 is 22.3 Å². The molecule has 0 fully saturated rings. The van der Waals surface area contributed by atoms with Crippen molar-refractivity contribution < 1.29 is 0 Å². The predicted octanol–water partition coefficient (Wildman–Crippen LogP) is 4.47. The van der Waals surface area contributed by atoms with Crippen molar-refractivity contribution in [3.05, 3.63) is 66.5 Å². The Kier molecular flexibility index (Phi) is 3.79. The Morgan fingerprint density at radius 1 is 1.08 bits per heavy atom. The zero-order valence-corrected chi connectivity index (χ0v) is 13.5. The van der Waals surface area contributed by atoms with Crippen molar-refractivity contribution in [3.8, 4) is 11.4 Å². The molecule has 0 radical (unpaired) electrons. The van der Waals surface area contributed by atoms with E-state index in [0.717, 1.165) is 35.1 Å². The topological polar surface area (TPSA) is 50.7 Å². The van der Waals surface area contributed by atoms with E-state index < -0.39 is 0 Å². The van der Waals surface area contributed by atoms with Crippen molar-refractivity contribution in [1.82, 2.24) is 15.0 Å². The van der Waals surface area contributed by atoms with Gasteiger partial charge in [0.05, 0.1) is 5.52 Å². The molecule has 1 aliphatic carbocycles. The molecule has 118 valence electrons. The maximum atomic E-state index is 4.72. The monoisotopic (exact) mass is 314 g/mol. The van der Waals surface area contributed by atoms with Crippen LogP contribution in [0.4, 0.5) is 5.82 Å². The van der Waals surface area contributed by atoms with Gasteiger partial charge in [-0.05, 0) is 48.2 Å². The van der Waals surface area contributed by atoms with E-state index in [4.69, 9.17) is 4.98 Å². The third-order valence-corrected chi connectivity index (χ3v) is 4.24. The van der Waals surface area contributed by atoms with Gasteiger partial charge in [0.25, 0.3) is 0 Å². The second kappa shape index (κ2) is 6.24. The molecule has 4 nitrogen and oxygen atoms in total. The van der Waals surface area contributed by atoms with Crippen LogP contribution in [0.5, 0.6) is 0 Å². The standard InChI is InChI=1S/C20H18N4/c1-21-20-17-12-15(14-6-3-2-4-7-14)9-10-18(17)23-19(24-20)16-8-5-11-22-13-16/h2-3,5-6,8-13H,4,7H2,1H3,(H,21,23,24). The molecule has 0 spiro atoms. The molecule has 3 aromatic rings. The van der Waals surface area contributed by atoms with Gasteiger partial charge < -0.3 is 5.32 Å². The van der Waals surface area contributed by atoms with Gasteiger partial charge in [0.2, 0.25) is 0 Å². The Bertz CT molecular complexity index is 943. The summed E-state index contributed by atoms with van der Waals surface area (Å²) in [6.07, 6.45) is 12.2. The number of aromatic nitrogens is 3. The van der Waals surface area contributed by atoms with Crippen LogP contribution < -0.4 is 5.32 Å². The molecule has 0 saturated heterocycles. The first-order valence-corrected chi connectivity index (χ1v) is 8.11. The fourth-order valence-electron chi connectivity index (χ4n) is 2.99. The highest BCUT2D eigenvalue weighted by molar-refractivity contribution is 5.93. The first kappa shape index (κ1) is 14.6. The van der Waals surface area contributed by atoms with E-state index in [1.54, 1.807) is 12.4 Å². The average Bonchev–Trinajstić information content (AvgIpc) is 2.68. The summed E-state index contributed by atoms with van der Waals surface area (Å²) in [5, 5.41) is 4.25. The third-order valence-electron chi connectivity index (χ3n) is 4.24. The molecule has 4 heteroatoms. The zero-order valence-electron chi connectivity index (χ0n) is 13.5. The molecular formula is C20H18N4. The molecule has 2 aromatic heterocycles. The maximum absolute atomic E-state index is 4.72. The highest BCUT2D eigenvalue weighted by Crippen LogP contribution is 2.30. The summed E-state index contributed by atoms with van der Waals surface area (Å²) in [5.74, 6) is 1.53. The number of nitrogens with one attached hydrogen (secondary N) is 1. The first-order chi connectivity index (χ1) is 11.8. The van der Waals surface area contributed by atoms with Crippen molar-refractivity contribution in [2.24, 2.45) is 0 Å². The van der Waals surface area contributed by atoms with Crippen LogP contribution in [0.25, 0.3) is 27.9 Å². The SMILES string of the molecule is CNc1nc(-c2cccnc2)nc2ccc(C3=CC=CCC3)cc12. The largest absolute Gasteiger partial charge is 0.373 e. The van der Waals surface area contributed by atoms with Crippen LogP contribution in [0.15, 0.2) is 61.0 Å². The van der Waals surface area contributed by atoms with Gasteiger partial charge in [0.1, 0.15) is 5.82 Å². The molecule has 0 atom stereocenters. The van der Waals surface area contributed by atoms with E-state index in [0.29, 0.717) is 5.82 Å². The highest BCUT2D eigenvalue weighted by atomic mass is 15.0. The molecule has 2 heterocycles. The van der Waals surface area contributed by atoms with Crippen LogP contribution in [0, 0.1) is 0 Å². The van der Waals surface area contributed by atoms with E-state index in [1.165, 1.54) is 11.1 Å². The Labute approximate surface area is 141 Å². The number of anilines is 1. The van der Waals surface area contributed by atoms with Crippen molar-refractivity contribution in [2.45, 2.75) is 12.8 Å². The third kappa shape index (κ3) is 2.67. The molecule has 0 unspecified atom stereocenters. The Hall–Kier alpha value is -3.01. The summed E-state index contributed by atoms with van der Waals surface area (Å²) >= 11 is 0. The number of benzene rings is 1. The van der Waals surface area contributed by atoms with Gasteiger partial charge in [-0.25, -0.2) is 9.97 Å². The number of pyridine rings is 1. The summed E-state index contributed by atoms with van der Waals surface area (Å²) in [4.78, 5) is 13.6. The summed E-state index contributed by atoms with van der Waals surface area (Å²) in [6.45, 7) is 0. The summed E-state index contributed by atoms with van der Waals surface area (Å²) < 4.78 is 0. The number of allylic oxidation sites excluding steroid dienone is 4. The number of hydrogen-bond acceptors (Lipinski definition) is 4. The lowest BCUT2D eigenvalue weighted by atomic mass is 9.96. The van der Waals surface area contributed by atoms with Crippen molar-refractivity contribution in [1.29, 1.82) is 0 Å². The van der Waals surface area contributed by atoms with E-state index in [1.807, 2.05) is 19.2 Å². The molecular weight excluding hydrogens is 296 g/mol. The van der Waals surface area contributed by atoms with Crippen LogP contribution in [-0.4, -0.2) is 22.0 Å². The molecule has 0 bridgehead atoms. The van der Waals surface area contributed by atoms with Gasteiger partial charge in [-0.15, -0.1) is 0 Å². The molecule has 1 N–H and O–H groups in total. The lowest BCUT2D eigenvalue weighted by Crippen LogP contribution is -2.00. The Morgan fingerprint density at radius 3 is 2.79 bits per heavy atom. The maximum Gasteiger partial charge on any atom is 0.163 e. The van der Waals surface area contributed by atoms with E-state index in [-0.39, 0.29) is 0 Å². The minimum absolute atomic E-state index is 0.688. The molecule has 1 aliphatic rings.